The van der Waals surface area contributed by atoms with Crippen molar-refractivity contribution in [2.75, 3.05) is 58.9 Å². The number of amides is 1. The van der Waals surface area contributed by atoms with Crippen molar-refractivity contribution in [3.05, 3.63) is 41.3 Å². The van der Waals surface area contributed by atoms with E-state index in [2.05, 4.69) is 15.8 Å². The Hall–Kier alpha value is -3.74. The Labute approximate surface area is 227 Å². The molecular formula is C27H36N6O6. The maximum atomic E-state index is 12.0. The largest absolute Gasteiger partial charge is 0.491 e. The molecule has 0 bridgehead atoms. The molecule has 1 aromatic carbocycles. The summed E-state index contributed by atoms with van der Waals surface area (Å²) in [6.07, 6.45) is -1.24. The molecule has 1 fully saturated rings. The summed E-state index contributed by atoms with van der Waals surface area (Å²) < 4.78 is 22.0. The smallest absolute Gasteiger partial charge is 0.409 e. The summed E-state index contributed by atoms with van der Waals surface area (Å²) in [5, 5.41) is 20.5. The van der Waals surface area contributed by atoms with Crippen molar-refractivity contribution in [2.24, 2.45) is 0 Å². The number of benzene rings is 1. The summed E-state index contributed by atoms with van der Waals surface area (Å²) in [6.45, 7) is 8.01. The lowest BCUT2D eigenvalue weighted by atomic mass is 10.0. The van der Waals surface area contributed by atoms with E-state index < -0.39 is 6.10 Å². The van der Waals surface area contributed by atoms with Crippen LogP contribution >= 0.6 is 0 Å². The van der Waals surface area contributed by atoms with Gasteiger partial charge in [0.05, 0.1) is 43.3 Å². The highest BCUT2D eigenvalue weighted by Gasteiger charge is 2.26. The third-order valence-corrected chi connectivity index (χ3v) is 6.46. The van der Waals surface area contributed by atoms with Gasteiger partial charge in [0.1, 0.15) is 30.0 Å². The van der Waals surface area contributed by atoms with Gasteiger partial charge in [-0.05, 0) is 40.0 Å². The van der Waals surface area contributed by atoms with Crippen LogP contribution in [0.5, 0.6) is 5.75 Å². The Morgan fingerprint density at radius 2 is 2.10 bits per heavy atom. The first-order valence-corrected chi connectivity index (χ1v) is 12.9. The number of likely N-dealkylation sites (N-methyl/N-ethyl adjacent to an activating group) is 1. The Bertz CT molecular complexity index is 1260. The number of aliphatic hydroxyl groups excluding tert-OH is 1. The fourth-order valence-corrected chi connectivity index (χ4v) is 4.44. The fourth-order valence-electron chi connectivity index (χ4n) is 4.44. The highest BCUT2D eigenvalue weighted by atomic mass is 16.5. The maximum absolute atomic E-state index is 12.0. The van der Waals surface area contributed by atoms with Crippen molar-refractivity contribution in [2.45, 2.75) is 33.0 Å². The van der Waals surface area contributed by atoms with E-state index >= 15 is 0 Å². The second-order valence-corrected chi connectivity index (χ2v) is 9.41. The number of nitrogens with one attached hydrogen (secondary N) is 2. The predicted molar refractivity (Wildman–Crippen MR) is 145 cm³/mol. The van der Waals surface area contributed by atoms with Crippen molar-refractivity contribution in [3.63, 3.8) is 0 Å². The summed E-state index contributed by atoms with van der Waals surface area (Å²) in [7, 11) is 3.15. The zero-order valence-corrected chi connectivity index (χ0v) is 23.0. The maximum Gasteiger partial charge on any atom is 0.409 e. The third-order valence-electron chi connectivity index (χ3n) is 6.46. The molecule has 1 unspecified atom stereocenters. The zero-order chi connectivity index (χ0) is 27.9. The number of hydrogen-bond donors (Lipinski definition) is 3. The number of aliphatic hydroxyl groups is 1. The van der Waals surface area contributed by atoms with E-state index in [1.54, 1.807) is 11.9 Å². The molecule has 210 valence electrons. The van der Waals surface area contributed by atoms with E-state index in [4.69, 9.17) is 28.7 Å². The molecule has 4 rings (SSSR count). The average molecular weight is 541 g/mol. The Kier molecular flexibility index (Phi) is 9.33. The number of carbonyl (C=O) groups is 1. The monoisotopic (exact) mass is 540 g/mol. The number of aryl methyl sites for hydroxylation is 2. The van der Waals surface area contributed by atoms with E-state index in [9.17, 15) is 9.90 Å². The second kappa shape index (κ2) is 12.9. The molecule has 0 aliphatic carbocycles. The number of rotatable bonds is 10. The topological polar surface area (TPSA) is 144 Å². The highest BCUT2D eigenvalue weighted by molar-refractivity contribution is 5.74. The van der Waals surface area contributed by atoms with Gasteiger partial charge in [-0.25, -0.2) is 14.8 Å². The molecule has 1 aliphatic rings. The normalized spacial score (nSPS) is 16.2. The predicted octanol–water partition coefficient (Wildman–Crippen LogP) is 2.56. The van der Waals surface area contributed by atoms with Gasteiger partial charge in [0.2, 0.25) is 0 Å². The molecule has 12 nitrogen and oxygen atoms in total. The number of hydrogen-bond acceptors (Lipinski definition) is 11. The highest BCUT2D eigenvalue weighted by Crippen LogP contribution is 2.33. The first kappa shape index (κ1) is 28.3. The van der Waals surface area contributed by atoms with Gasteiger partial charge in [0.25, 0.3) is 0 Å². The van der Waals surface area contributed by atoms with Gasteiger partial charge in [-0.2, -0.15) is 0 Å². The summed E-state index contributed by atoms with van der Waals surface area (Å²) in [5.41, 5.74) is 3.82. The van der Waals surface area contributed by atoms with Gasteiger partial charge in [-0.3, -0.25) is 0 Å². The van der Waals surface area contributed by atoms with E-state index in [0.29, 0.717) is 61.6 Å². The number of nitrogens with zero attached hydrogens (tertiary/aromatic N) is 4. The second-order valence-electron chi connectivity index (χ2n) is 9.41. The molecule has 1 aliphatic heterocycles. The van der Waals surface area contributed by atoms with Crippen LogP contribution in [0.3, 0.4) is 0 Å². The lowest BCUT2D eigenvalue weighted by Crippen LogP contribution is -2.47. The summed E-state index contributed by atoms with van der Waals surface area (Å²) in [4.78, 5) is 23.4. The number of ether oxygens (including phenoxy) is 3. The molecule has 0 radical (unpaired) electrons. The van der Waals surface area contributed by atoms with Crippen LogP contribution in [-0.4, -0.2) is 97.0 Å². The van der Waals surface area contributed by atoms with Crippen LogP contribution in [0.2, 0.25) is 0 Å². The molecule has 3 N–H and O–H groups in total. The van der Waals surface area contributed by atoms with E-state index in [1.165, 1.54) is 7.11 Å². The molecular weight excluding hydrogens is 504 g/mol. The SMILES string of the molecule is CNCC(O)COc1cccc(-c2nc(NC[C@H]3CN(C(=O)OC)CCO3)c(C)c(-c3c(C)noc3C)n2)c1. The molecule has 1 saturated heterocycles. The third kappa shape index (κ3) is 6.83. The van der Waals surface area contributed by atoms with Crippen LogP contribution in [0.25, 0.3) is 22.6 Å². The molecule has 39 heavy (non-hydrogen) atoms. The van der Waals surface area contributed by atoms with Crippen molar-refractivity contribution < 1.29 is 28.6 Å². The van der Waals surface area contributed by atoms with Crippen molar-refractivity contribution in [1.29, 1.82) is 0 Å². The van der Waals surface area contributed by atoms with Crippen molar-refractivity contribution >= 4 is 11.9 Å². The van der Waals surface area contributed by atoms with Gasteiger partial charge in [0.15, 0.2) is 5.82 Å². The van der Waals surface area contributed by atoms with Crippen LogP contribution < -0.4 is 15.4 Å². The number of carbonyl (C=O) groups excluding carboxylic acids is 1. The van der Waals surface area contributed by atoms with E-state index in [0.717, 1.165) is 22.4 Å². The molecule has 1 amide bonds. The van der Waals surface area contributed by atoms with Crippen molar-refractivity contribution in [1.82, 2.24) is 25.3 Å². The Morgan fingerprint density at radius 1 is 1.28 bits per heavy atom. The first-order valence-electron chi connectivity index (χ1n) is 12.9. The summed E-state index contributed by atoms with van der Waals surface area (Å²) >= 11 is 0. The number of methoxy groups -OCH3 is 1. The van der Waals surface area contributed by atoms with Gasteiger partial charge < -0.3 is 39.4 Å². The van der Waals surface area contributed by atoms with Crippen LogP contribution in [0.1, 0.15) is 17.0 Å². The molecule has 3 heterocycles. The van der Waals surface area contributed by atoms with Crippen LogP contribution in [0.15, 0.2) is 28.8 Å². The van der Waals surface area contributed by atoms with Gasteiger partial charge in [-0.15, -0.1) is 0 Å². The van der Waals surface area contributed by atoms with Gasteiger partial charge >= 0.3 is 6.09 Å². The fraction of sp³-hybridized carbons (Fsp3) is 0.481. The number of anilines is 1. The number of morpholine rings is 1. The summed E-state index contributed by atoms with van der Waals surface area (Å²) in [5.74, 6) is 2.37. The number of aromatic nitrogens is 3. The molecule has 0 saturated carbocycles. The minimum atomic E-state index is -0.631. The van der Waals surface area contributed by atoms with Crippen molar-refractivity contribution in [3.8, 4) is 28.4 Å². The molecule has 0 spiro atoms. The molecule has 2 aromatic heterocycles. The Morgan fingerprint density at radius 3 is 2.82 bits per heavy atom. The average Bonchev–Trinajstić information content (AvgIpc) is 3.28. The minimum Gasteiger partial charge on any atom is -0.491 e. The van der Waals surface area contributed by atoms with Gasteiger partial charge in [0, 0.05) is 30.8 Å². The lowest BCUT2D eigenvalue weighted by Gasteiger charge is -2.32. The molecule has 2 atom stereocenters. The standard InChI is InChI=1S/C27H36N6O6/c1-16-24(23-17(2)32-39-18(23)3)30-26(19-7-6-8-21(11-19)38-15-20(34)12-28-4)31-25(16)29-13-22-14-33(9-10-37-22)27(35)36-5/h6-8,11,20,22,28,34H,9-10,12-15H2,1-5H3,(H,29,30,31)/t20?,22-/m0/s1. The minimum absolute atomic E-state index is 0.153. The quantitative estimate of drug-likeness (QED) is 0.349. The van der Waals surface area contributed by atoms with Crippen LogP contribution in [0.4, 0.5) is 10.6 Å². The van der Waals surface area contributed by atoms with Crippen LogP contribution in [-0.2, 0) is 9.47 Å². The molecule has 3 aromatic rings. The molecule has 12 heteroatoms. The van der Waals surface area contributed by atoms with Gasteiger partial charge in [-0.1, -0.05) is 17.3 Å². The van der Waals surface area contributed by atoms with E-state index in [1.807, 2.05) is 45.0 Å². The lowest BCUT2D eigenvalue weighted by molar-refractivity contribution is -0.0176. The Balaban J connectivity index is 1.64. The first-order chi connectivity index (χ1) is 18.8. The van der Waals surface area contributed by atoms with Crippen LogP contribution in [0, 0.1) is 20.8 Å². The zero-order valence-electron chi connectivity index (χ0n) is 23.0. The summed E-state index contributed by atoms with van der Waals surface area (Å²) in [6, 6.07) is 7.43. The van der Waals surface area contributed by atoms with E-state index in [-0.39, 0.29) is 18.8 Å².